The van der Waals surface area contributed by atoms with Crippen LogP contribution in [0, 0.1) is 0 Å². The molecule has 1 fully saturated rings. The molecule has 1 atom stereocenters. The van der Waals surface area contributed by atoms with Crippen LogP contribution in [0.3, 0.4) is 0 Å². The van der Waals surface area contributed by atoms with Crippen molar-refractivity contribution >= 4 is 17.7 Å². The molecule has 0 aromatic heterocycles. The molecule has 2 nitrogen and oxygen atoms in total. The SMILES string of the molecule is CCc1cccc(C23SCCCN2C(=O)c2ccccc23)c1. The molecule has 22 heavy (non-hydrogen) atoms. The summed E-state index contributed by atoms with van der Waals surface area (Å²) >= 11 is 1.91. The van der Waals surface area contributed by atoms with E-state index in [-0.39, 0.29) is 10.8 Å². The summed E-state index contributed by atoms with van der Waals surface area (Å²) in [5.41, 5.74) is 4.61. The standard InChI is InChI=1S/C19H19NOS/c1-2-14-7-5-8-15(13-14)19-17-10-4-3-9-16(17)18(21)20(19)11-6-12-22-19/h3-5,7-10,13H,2,6,11-12H2,1H3. The molecule has 0 saturated carbocycles. The molecular weight excluding hydrogens is 290 g/mol. The van der Waals surface area contributed by atoms with Crippen LogP contribution in [-0.2, 0) is 11.3 Å². The van der Waals surface area contributed by atoms with E-state index in [9.17, 15) is 4.79 Å². The van der Waals surface area contributed by atoms with Crippen molar-refractivity contribution < 1.29 is 4.79 Å². The summed E-state index contributed by atoms with van der Waals surface area (Å²) in [6.45, 7) is 3.02. The van der Waals surface area contributed by atoms with Crippen LogP contribution in [0.5, 0.6) is 0 Å². The van der Waals surface area contributed by atoms with Gasteiger partial charge < -0.3 is 4.90 Å². The number of carbonyl (C=O) groups is 1. The maximum absolute atomic E-state index is 12.9. The first-order valence-electron chi connectivity index (χ1n) is 7.92. The molecule has 0 spiro atoms. The molecule has 0 N–H and O–H groups in total. The summed E-state index contributed by atoms with van der Waals surface area (Å²) < 4.78 is 0. The quantitative estimate of drug-likeness (QED) is 0.834. The Morgan fingerprint density at radius 2 is 2.05 bits per heavy atom. The van der Waals surface area contributed by atoms with Crippen molar-refractivity contribution in [2.45, 2.75) is 24.6 Å². The van der Waals surface area contributed by atoms with Gasteiger partial charge in [0.1, 0.15) is 4.87 Å². The third-order valence-corrected chi connectivity index (χ3v) is 6.30. The molecule has 1 amide bonds. The minimum atomic E-state index is -0.322. The molecular formula is C19H19NOS. The van der Waals surface area contributed by atoms with Crippen LogP contribution in [0.2, 0.25) is 0 Å². The molecule has 2 aliphatic heterocycles. The molecule has 4 rings (SSSR count). The number of rotatable bonds is 2. The minimum absolute atomic E-state index is 0.185. The van der Waals surface area contributed by atoms with Gasteiger partial charge in [0.15, 0.2) is 0 Å². The van der Waals surface area contributed by atoms with E-state index < -0.39 is 0 Å². The molecule has 0 aliphatic carbocycles. The highest BCUT2D eigenvalue weighted by molar-refractivity contribution is 8.00. The number of carbonyl (C=O) groups excluding carboxylic acids is 1. The Morgan fingerprint density at radius 3 is 2.91 bits per heavy atom. The molecule has 112 valence electrons. The van der Waals surface area contributed by atoms with Crippen molar-refractivity contribution in [1.29, 1.82) is 0 Å². The Labute approximate surface area is 135 Å². The van der Waals surface area contributed by atoms with Crippen LogP contribution in [-0.4, -0.2) is 23.1 Å². The Morgan fingerprint density at radius 1 is 1.18 bits per heavy atom. The van der Waals surface area contributed by atoms with E-state index in [2.05, 4.69) is 48.2 Å². The van der Waals surface area contributed by atoms with Gasteiger partial charge in [0, 0.05) is 17.7 Å². The van der Waals surface area contributed by atoms with Gasteiger partial charge in [-0.15, -0.1) is 11.8 Å². The highest BCUT2D eigenvalue weighted by Gasteiger charge is 2.52. The van der Waals surface area contributed by atoms with Crippen LogP contribution in [0.15, 0.2) is 48.5 Å². The van der Waals surface area contributed by atoms with Gasteiger partial charge in [0.2, 0.25) is 0 Å². The van der Waals surface area contributed by atoms with E-state index in [4.69, 9.17) is 0 Å². The van der Waals surface area contributed by atoms with Crippen LogP contribution in [0.4, 0.5) is 0 Å². The second-order valence-electron chi connectivity index (χ2n) is 5.90. The van der Waals surface area contributed by atoms with Gasteiger partial charge in [-0.3, -0.25) is 4.79 Å². The molecule has 1 saturated heterocycles. The summed E-state index contributed by atoms with van der Waals surface area (Å²) in [6.07, 6.45) is 2.09. The van der Waals surface area contributed by atoms with E-state index in [1.165, 1.54) is 11.1 Å². The van der Waals surface area contributed by atoms with Gasteiger partial charge in [0.25, 0.3) is 5.91 Å². The molecule has 2 aromatic rings. The van der Waals surface area contributed by atoms with E-state index in [0.717, 1.165) is 36.3 Å². The van der Waals surface area contributed by atoms with E-state index in [1.54, 1.807) is 0 Å². The normalized spacial score (nSPS) is 23.3. The smallest absolute Gasteiger partial charge is 0.255 e. The Bertz CT molecular complexity index is 742. The second kappa shape index (κ2) is 5.17. The van der Waals surface area contributed by atoms with Crippen molar-refractivity contribution in [1.82, 2.24) is 4.90 Å². The molecule has 2 heterocycles. The van der Waals surface area contributed by atoms with Gasteiger partial charge in [0.05, 0.1) is 0 Å². The zero-order chi connectivity index (χ0) is 15.2. The molecule has 2 aliphatic rings. The summed E-state index contributed by atoms with van der Waals surface area (Å²) in [6, 6.07) is 16.9. The van der Waals surface area contributed by atoms with Crippen LogP contribution >= 0.6 is 11.8 Å². The number of hydrogen-bond donors (Lipinski definition) is 0. The number of thioether (sulfide) groups is 1. The van der Waals surface area contributed by atoms with Gasteiger partial charge in [-0.25, -0.2) is 0 Å². The van der Waals surface area contributed by atoms with E-state index >= 15 is 0 Å². The number of amides is 1. The lowest BCUT2D eigenvalue weighted by Gasteiger charge is -2.42. The average Bonchev–Trinajstić information content (AvgIpc) is 2.86. The lowest BCUT2D eigenvalue weighted by atomic mass is 9.95. The highest BCUT2D eigenvalue weighted by Crippen LogP contribution is 2.54. The fourth-order valence-corrected chi connectivity index (χ4v) is 5.18. The van der Waals surface area contributed by atoms with Crippen LogP contribution in [0.25, 0.3) is 0 Å². The van der Waals surface area contributed by atoms with Crippen molar-refractivity contribution in [3.05, 3.63) is 70.8 Å². The summed E-state index contributed by atoms with van der Waals surface area (Å²) in [4.78, 5) is 14.6. The number of benzene rings is 2. The largest absolute Gasteiger partial charge is 0.316 e. The molecule has 1 unspecified atom stereocenters. The van der Waals surface area contributed by atoms with Crippen molar-refractivity contribution in [3.8, 4) is 0 Å². The topological polar surface area (TPSA) is 20.3 Å². The van der Waals surface area contributed by atoms with Crippen LogP contribution in [0.1, 0.15) is 40.4 Å². The predicted molar refractivity (Wildman–Crippen MR) is 91.2 cm³/mol. The Balaban J connectivity index is 1.97. The third-order valence-electron chi connectivity index (χ3n) is 4.71. The van der Waals surface area contributed by atoms with E-state index in [0.29, 0.717) is 0 Å². The van der Waals surface area contributed by atoms with Gasteiger partial charge >= 0.3 is 0 Å². The zero-order valence-corrected chi connectivity index (χ0v) is 13.5. The predicted octanol–water partition coefficient (Wildman–Crippen LogP) is 4.04. The van der Waals surface area contributed by atoms with Crippen molar-refractivity contribution in [2.75, 3.05) is 12.3 Å². The lowest BCUT2D eigenvalue weighted by Crippen LogP contribution is -2.46. The molecule has 2 aromatic carbocycles. The van der Waals surface area contributed by atoms with Gasteiger partial charge in [-0.2, -0.15) is 0 Å². The Hall–Kier alpha value is -1.74. The fourth-order valence-electron chi connectivity index (χ4n) is 3.65. The molecule has 0 radical (unpaired) electrons. The van der Waals surface area contributed by atoms with Crippen molar-refractivity contribution in [2.24, 2.45) is 0 Å². The first-order chi connectivity index (χ1) is 10.8. The summed E-state index contributed by atoms with van der Waals surface area (Å²) in [7, 11) is 0. The zero-order valence-electron chi connectivity index (χ0n) is 12.7. The molecule has 3 heteroatoms. The van der Waals surface area contributed by atoms with Crippen LogP contribution < -0.4 is 0 Å². The average molecular weight is 309 g/mol. The summed E-state index contributed by atoms with van der Waals surface area (Å²) in [5.74, 6) is 1.28. The highest BCUT2D eigenvalue weighted by atomic mass is 32.2. The maximum Gasteiger partial charge on any atom is 0.255 e. The van der Waals surface area contributed by atoms with Gasteiger partial charge in [-0.05, 0) is 35.8 Å². The van der Waals surface area contributed by atoms with Crippen molar-refractivity contribution in [3.63, 3.8) is 0 Å². The number of fused-ring (bicyclic) bond motifs is 3. The van der Waals surface area contributed by atoms with Gasteiger partial charge in [-0.1, -0.05) is 49.4 Å². The fraction of sp³-hybridized carbons (Fsp3) is 0.316. The summed E-state index contributed by atoms with van der Waals surface area (Å²) in [5, 5.41) is 0. The first kappa shape index (κ1) is 13.9. The number of nitrogens with zero attached hydrogens (tertiary/aromatic N) is 1. The monoisotopic (exact) mass is 309 g/mol. The number of hydrogen-bond acceptors (Lipinski definition) is 2. The minimum Gasteiger partial charge on any atom is -0.316 e. The van der Waals surface area contributed by atoms with E-state index in [1.807, 2.05) is 23.9 Å². The lowest BCUT2D eigenvalue weighted by molar-refractivity contribution is 0.0716. The first-order valence-corrected chi connectivity index (χ1v) is 8.91. The number of aryl methyl sites for hydroxylation is 1. The molecule has 0 bridgehead atoms. The third kappa shape index (κ3) is 1.78. The maximum atomic E-state index is 12.9. The Kier molecular flexibility index (Phi) is 3.26. The second-order valence-corrected chi connectivity index (χ2v) is 7.19.